The van der Waals surface area contributed by atoms with Crippen molar-refractivity contribution in [1.29, 1.82) is 0 Å². The number of furan rings is 1. The zero-order valence-corrected chi connectivity index (χ0v) is 19.5. The Kier molecular flexibility index (Phi) is 8.04. The smallest absolute Gasteiger partial charge is 0.426 e. The van der Waals surface area contributed by atoms with Crippen LogP contribution in [0.1, 0.15) is 12.7 Å². The summed E-state index contributed by atoms with van der Waals surface area (Å²) in [4.78, 5) is 30.3. The summed E-state index contributed by atoms with van der Waals surface area (Å²) in [6, 6.07) is 24.0. The first-order valence-corrected chi connectivity index (χ1v) is 11.0. The normalized spacial score (nSPS) is 10.9. The van der Waals surface area contributed by atoms with Crippen LogP contribution in [0.5, 0.6) is 23.2 Å². The maximum Gasteiger partial charge on any atom is 0.539 e. The van der Waals surface area contributed by atoms with Gasteiger partial charge in [-0.25, -0.2) is 14.0 Å². The molecule has 1 atom stereocenters. The van der Waals surface area contributed by atoms with Gasteiger partial charge >= 0.3 is 12.2 Å². The number of ether oxygens (including phenoxy) is 3. The molecular weight excluding hydrogens is 481 g/mol. The number of hydroxylamine groups is 2. The molecule has 1 amide bonds. The number of para-hydroxylation sites is 2. The fraction of sp³-hybridized carbons (Fsp3) is 0.0714. The summed E-state index contributed by atoms with van der Waals surface area (Å²) in [6.07, 6.45) is -2.14. The first-order valence-electron chi connectivity index (χ1n) is 11.0. The molecular formula is C28H20FNO7. The predicted octanol–water partition coefficient (Wildman–Crippen LogP) is 6.58. The van der Waals surface area contributed by atoms with Crippen LogP contribution in [0.25, 0.3) is 0 Å². The number of halogens is 1. The third-order valence-corrected chi connectivity index (χ3v) is 4.62. The molecule has 4 rings (SSSR count). The van der Waals surface area contributed by atoms with E-state index in [1.54, 1.807) is 66.7 Å². The van der Waals surface area contributed by atoms with E-state index in [9.17, 15) is 14.0 Å². The summed E-state index contributed by atoms with van der Waals surface area (Å²) in [5.41, 5.74) is 0. The lowest BCUT2D eigenvalue weighted by Crippen LogP contribution is -2.42. The number of rotatable bonds is 5. The molecule has 1 aromatic heterocycles. The van der Waals surface area contributed by atoms with Crippen LogP contribution in [0.4, 0.5) is 14.0 Å². The molecule has 0 aliphatic heterocycles. The number of benzene rings is 3. The van der Waals surface area contributed by atoms with Gasteiger partial charge in [0.2, 0.25) is 0 Å². The Morgan fingerprint density at radius 1 is 0.811 bits per heavy atom. The first-order chi connectivity index (χ1) is 18.0. The van der Waals surface area contributed by atoms with E-state index in [4.69, 9.17) is 23.5 Å². The molecule has 1 unspecified atom stereocenters. The summed E-state index contributed by atoms with van der Waals surface area (Å²) >= 11 is 0. The van der Waals surface area contributed by atoms with Crippen LogP contribution < -0.4 is 14.2 Å². The minimum absolute atomic E-state index is 0.131. The maximum atomic E-state index is 13.1. The second-order valence-electron chi connectivity index (χ2n) is 7.38. The molecule has 1 heterocycles. The summed E-state index contributed by atoms with van der Waals surface area (Å²) in [6.45, 7) is 1.52. The van der Waals surface area contributed by atoms with Crippen LogP contribution in [0, 0.1) is 17.7 Å². The van der Waals surface area contributed by atoms with Crippen molar-refractivity contribution >= 4 is 12.2 Å². The Bertz CT molecular complexity index is 1390. The van der Waals surface area contributed by atoms with Crippen molar-refractivity contribution in [3.8, 4) is 35.0 Å². The van der Waals surface area contributed by atoms with E-state index in [1.165, 1.54) is 37.3 Å². The number of amides is 1. The van der Waals surface area contributed by atoms with Gasteiger partial charge in [0.25, 0.3) is 5.95 Å². The molecule has 0 aliphatic carbocycles. The molecule has 9 heteroatoms. The Labute approximate surface area is 211 Å². The van der Waals surface area contributed by atoms with Crippen molar-refractivity contribution in [1.82, 2.24) is 5.06 Å². The lowest BCUT2D eigenvalue weighted by molar-refractivity contribution is -0.100. The van der Waals surface area contributed by atoms with Gasteiger partial charge in [-0.05, 0) is 67.4 Å². The van der Waals surface area contributed by atoms with Crippen molar-refractivity contribution in [3.05, 3.63) is 109 Å². The molecule has 0 bridgehead atoms. The standard InChI is InChI=1S/C28H20FNO7/c1-20(12-15-24-18-19-26(33-24)34-25-16-13-21(29)14-17-25)30(27(31)35-22-8-4-2-5-9-22)37-28(32)36-23-10-6-3-7-11-23/h2-11,13-14,16-20H,1H3. The van der Waals surface area contributed by atoms with E-state index in [0.717, 1.165) is 0 Å². The Hall–Kier alpha value is -5.23. The number of hydrogen-bond donors (Lipinski definition) is 0. The molecule has 8 nitrogen and oxygen atoms in total. The fourth-order valence-corrected chi connectivity index (χ4v) is 2.89. The van der Waals surface area contributed by atoms with Gasteiger partial charge in [0.1, 0.15) is 29.1 Å². The second-order valence-corrected chi connectivity index (χ2v) is 7.38. The molecule has 37 heavy (non-hydrogen) atoms. The van der Waals surface area contributed by atoms with E-state index in [1.807, 2.05) is 0 Å². The lowest BCUT2D eigenvalue weighted by atomic mass is 10.3. The van der Waals surface area contributed by atoms with Crippen LogP contribution in [0.3, 0.4) is 0 Å². The Balaban J connectivity index is 1.46. The average molecular weight is 501 g/mol. The minimum Gasteiger partial charge on any atom is -0.426 e. The van der Waals surface area contributed by atoms with Gasteiger partial charge in [-0.2, -0.15) is 0 Å². The Morgan fingerprint density at radius 2 is 1.43 bits per heavy atom. The molecule has 0 fully saturated rings. The highest BCUT2D eigenvalue weighted by atomic mass is 19.1. The van der Waals surface area contributed by atoms with Gasteiger partial charge < -0.3 is 18.6 Å². The number of hydrogen-bond acceptors (Lipinski definition) is 7. The SMILES string of the molecule is CC(C#Cc1ccc(Oc2ccc(F)cc2)o1)N(OC(=O)Oc1ccccc1)C(=O)Oc1ccccc1. The highest BCUT2D eigenvalue weighted by Crippen LogP contribution is 2.23. The summed E-state index contributed by atoms with van der Waals surface area (Å²) in [7, 11) is 0. The molecule has 0 saturated heterocycles. The topological polar surface area (TPSA) is 87.4 Å². The number of carbonyl (C=O) groups is 2. The van der Waals surface area contributed by atoms with Gasteiger partial charge in [0.05, 0.1) is 0 Å². The Morgan fingerprint density at radius 3 is 2.08 bits per heavy atom. The van der Waals surface area contributed by atoms with Crippen molar-refractivity contribution in [3.63, 3.8) is 0 Å². The molecule has 0 aliphatic rings. The second kappa shape index (κ2) is 12.0. The molecule has 4 aromatic rings. The zero-order valence-electron chi connectivity index (χ0n) is 19.5. The van der Waals surface area contributed by atoms with Crippen LogP contribution >= 0.6 is 0 Å². The predicted molar refractivity (Wildman–Crippen MR) is 129 cm³/mol. The van der Waals surface area contributed by atoms with Crippen molar-refractivity contribution in [2.45, 2.75) is 13.0 Å². The quantitative estimate of drug-likeness (QED) is 0.132. The maximum absolute atomic E-state index is 13.1. The van der Waals surface area contributed by atoms with E-state index in [-0.39, 0.29) is 23.2 Å². The molecule has 0 saturated carbocycles. The molecule has 0 radical (unpaired) electrons. The third-order valence-electron chi connectivity index (χ3n) is 4.62. The van der Waals surface area contributed by atoms with E-state index in [0.29, 0.717) is 10.8 Å². The molecule has 186 valence electrons. The van der Waals surface area contributed by atoms with Crippen LogP contribution in [-0.4, -0.2) is 23.4 Å². The van der Waals surface area contributed by atoms with Crippen molar-refractivity contribution in [2.24, 2.45) is 0 Å². The molecule has 0 N–H and O–H groups in total. The fourth-order valence-electron chi connectivity index (χ4n) is 2.89. The molecule has 3 aromatic carbocycles. The minimum atomic E-state index is -1.15. The molecule has 0 spiro atoms. The van der Waals surface area contributed by atoms with Gasteiger partial charge in [-0.1, -0.05) is 42.3 Å². The van der Waals surface area contributed by atoms with Gasteiger partial charge in [0, 0.05) is 6.07 Å². The summed E-state index contributed by atoms with van der Waals surface area (Å²) in [5.74, 6) is 6.31. The highest BCUT2D eigenvalue weighted by molar-refractivity contribution is 5.73. The number of carbonyl (C=O) groups excluding carboxylic acids is 2. The van der Waals surface area contributed by atoms with Gasteiger partial charge in [-0.15, -0.1) is 5.06 Å². The van der Waals surface area contributed by atoms with Crippen molar-refractivity contribution < 1.29 is 37.4 Å². The summed E-state index contributed by atoms with van der Waals surface area (Å²) < 4.78 is 34.5. The third kappa shape index (κ3) is 7.37. The highest BCUT2D eigenvalue weighted by Gasteiger charge is 2.27. The van der Waals surface area contributed by atoms with E-state index >= 15 is 0 Å². The largest absolute Gasteiger partial charge is 0.539 e. The monoisotopic (exact) mass is 501 g/mol. The van der Waals surface area contributed by atoms with Gasteiger partial charge in [-0.3, -0.25) is 4.84 Å². The van der Waals surface area contributed by atoms with Crippen LogP contribution in [0.2, 0.25) is 0 Å². The van der Waals surface area contributed by atoms with Crippen molar-refractivity contribution in [2.75, 3.05) is 0 Å². The van der Waals surface area contributed by atoms with E-state index in [2.05, 4.69) is 11.8 Å². The van der Waals surface area contributed by atoms with Crippen LogP contribution in [0.15, 0.2) is 101 Å². The summed E-state index contributed by atoms with van der Waals surface area (Å²) in [5, 5.41) is 0.657. The van der Waals surface area contributed by atoms with Gasteiger partial charge in [0.15, 0.2) is 5.76 Å². The van der Waals surface area contributed by atoms with Crippen LogP contribution in [-0.2, 0) is 4.84 Å². The number of nitrogens with zero attached hydrogens (tertiary/aromatic N) is 1. The zero-order chi connectivity index (χ0) is 26.0. The average Bonchev–Trinajstić information content (AvgIpc) is 3.35. The van der Waals surface area contributed by atoms with E-state index < -0.39 is 24.1 Å². The first kappa shape index (κ1) is 24.9. The lowest BCUT2D eigenvalue weighted by Gasteiger charge is -2.22.